The predicted octanol–water partition coefficient (Wildman–Crippen LogP) is 3.97. The van der Waals surface area contributed by atoms with Crippen LogP contribution in [0.25, 0.3) is 0 Å². The van der Waals surface area contributed by atoms with Crippen LogP contribution in [0.1, 0.15) is 25.3 Å². The molecule has 0 atom stereocenters. The highest BCUT2D eigenvalue weighted by Crippen LogP contribution is 2.15. The molecule has 0 saturated carbocycles. The maximum Gasteiger partial charge on any atom is 0.142 e. The molecular weight excluding hydrogens is 237 g/mol. The summed E-state index contributed by atoms with van der Waals surface area (Å²) in [6, 6.07) is 4.94. The monoisotopic (exact) mass is 255 g/mol. The Hall–Kier alpha value is -0.860. The van der Waals surface area contributed by atoms with Crippen LogP contribution in [0.4, 0.5) is 4.39 Å². The fourth-order valence-electron chi connectivity index (χ4n) is 1.49. The lowest BCUT2D eigenvalue weighted by atomic mass is 10.1. The van der Waals surface area contributed by atoms with Crippen LogP contribution in [0.2, 0.25) is 5.02 Å². The van der Waals surface area contributed by atoms with Gasteiger partial charge in [-0.15, -0.1) is 0 Å². The van der Waals surface area contributed by atoms with Crippen LogP contribution in [0, 0.1) is 5.82 Å². The average molecular weight is 256 g/mol. The van der Waals surface area contributed by atoms with Gasteiger partial charge in [-0.3, -0.25) is 0 Å². The largest absolute Gasteiger partial charge is 0.316 e. The lowest BCUT2D eigenvalue weighted by Crippen LogP contribution is -2.14. The van der Waals surface area contributed by atoms with Gasteiger partial charge in [0.2, 0.25) is 0 Å². The fraction of sp³-hybridized carbons (Fsp3) is 0.429. The Kier molecular flexibility index (Phi) is 6.90. The molecular formula is C14H19ClFN. The number of rotatable bonds is 7. The van der Waals surface area contributed by atoms with Gasteiger partial charge in [0.05, 0.1) is 5.02 Å². The minimum atomic E-state index is -0.345. The number of hydrogen-bond donors (Lipinski definition) is 1. The van der Waals surface area contributed by atoms with E-state index in [1.165, 1.54) is 6.07 Å². The molecule has 1 rings (SSSR count). The molecule has 17 heavy (non-hydrogen) atoms. The summed E-state index contributed by atoms with van der Waals surface area (Å²) >= 11 is 5.61. The molecule has 1 aromatic rings. The summed E-state index contributed by atoms with van der Waals surface area (Å²) in [4.78, 5) is 0. The quantitative estimate of drug-likeness (QED) is 0.574. The lowest BCUT2D eigenvalue weighted by molar-refractivity contribution is 0.626. The van der Waals surface area contributed by atoms with Crippen molar-refractivity contribution in [3.8, 4) is 0 Å². The highest BCUT2D eigenvalue weighted by Gasteiger charge is 1.98. The third-order valence-corrected chi connectivity index (χ3v) is 2.73. The van der Waals surface area contributed by atoms with Gasteiger partial charge in [0, 0.05) is 0 Å². The Balaban J connectivity index is 2.25. The van der Waals surface area contributed by atoms with Crippen molar-refractivity contribution in [1.29, 1.82) is 0 Å². The Morgan fingerprint density at radius 3 is 2.82 bits per heavy atom. The number of halogens is 2. The second kappa shape index (κ2) is 8.26. The van der Waals surface area contributed by atoms with Crippen LogP contribution in [0.5, 0.6) is 0 Å². The first-order valence-electron chi connectivity index (χ1n) is 6.03. The third kappa shape index (κ3) is 5.85. The van der Waals surface area contributed by atoms with E-state index in [-0.39, 0.29) is 10.8 Å². The predicted molar refractivity (Wildman–Crippen MR) is 72.0 cm³/mol. The molecule has 0 fully saturated rings. The van der Waals surface area contributed by atoms with Gasteiger partial charge in [-0.25, -0.2) is 4.39 Å². The van der Waals surface area contributed by atoms with Crippen molar-refractivity contribution >= 4 is 11.6 Å². The summed E-state index contributed by atoms with van der Waals surface area (Å²) in [6.45, 7) is 4.22. The van der Waals surface area contributed by atoms with Crippen molar-refractivity contribution in [2.75, 3.05) is 13.1 Å². The van der Waals surface area contributed by atoms with E-state index >= 15 is 0 Å². The second-order valence-corrected chi connectivity index (χ2v) is 4.37. The van der Waals surface area contributed by atoms with Crippen molar-refractivity contribution < 1.29 is 4.39 Å². The Morgan fingerprint density at radius 2 is 2.12 bits per heavy atom. The zero-order chi connectivity index (χ0) is 12.5. The van der Waals surface area contributed by atoms with Crippen molar-refractivity contribution in [2.24, 2.45) is 0 Å². The standard InChI is InChI=1S/C14H19ClFN/c1-2-9-17-10-5-3-4-6-12-7-8-13(15)14(16)11-12/h3-4,7-8,11,17H,2,5-6,9-10H2,1H3/b4-3+. The molecule has 0 spiro atoms. The summed E-state index contributed by atoms with van der Waals surface area (Å²) in [5.41, 5.74) is 0.949. The van der Waals surface area contributed by atoms with Gasteiger partial charge >= 0.3 is 0 Å². The summed E-state index contributed by atoms with van der Waals surface area (Å²) in [5.74, 6) is -0.345. The zero-order valence-corrected chi connectivity index (χ0v) is 10.9. The summed E-state index contributed by atoms with van der Waals surface area (Å²) in [5, 5.41) is 3.50. The second-order valence-electron chi connectivity index (χ2n) is 3.96. The molecule has 0 unspecified atom stereocenters. The Bertz CT molecular complexity index is 363. The number of allylic oxidation sites excluding steroid dienone is 1. The number of hydrogen-bond acceptors (Lipinski definition) is 1. The third-order valence-electron chi connectivity index (χ3n) is 2.42. The van der Waals surface area contributed by atoms with Gasteiger partial charge in [0.15, 0.2) is 0 Å². The molecule has 0 radical (unpaired) electrons. The summed E-state index contributed by atoms with van der Waals surface area (Å²) in [7, 11) is 0. The van der Waals surface area contributed by atoms with E-state index in [0.29, 0.717) is 0 Å². The molecule has 1 nitrogen and oxygen atoms in total. The van der Waals surface area contributed by atoms with Crippen molar-refractivity contribution in [3.05, 3.63) is 46.8 Å². The van der Waals surface area contributed by atoms with Crippen molar-refractivity contribution in [1.82, 2.24) is 5.32 Å². The molecule has 0 bridgehead atoms. The summed E-state index contributed by atoms with van der Waals surface area (Å²) in [6.07, 6.45) is 7.11. The average Bonchev–Trinajstić information content (AvgIpc) is 2.32. The van der Waals surface area contributed by atoms with Crippen LogP contribution in [-0.2, 0) is 6.42 Å². The van der Waals surface area contributed by atoms with Gasteiger partial charge < -0.3 is 5.32 Å². The highest BCUT2D eigenvalue weighted by molar-refractivity contribution is 6.30. The van der Waals surface area contributed by atoms with Crippen LogP contribution in [0.3, 0.4) is 0 Å². The topological polar surface area (TPSA) is 12.0 Å². The minimum absolute atomic E-state index is 0.182. The van der Waals surface area contributed by atoms with E-state index in [9.17, 15) is 4.39 Å². The van der Waals surface area contributed by atoms with Gasteiger partial charge in [0.1, 0.15) is 5.82 Å². The first-order valence-corrected chi connectivity index (χ1v) is 6.41. The van der Waals surface area contributed by atoms with E-state index in [4.69, 9.17) is 11.6 Å². The van der Waals surface area contributed by atoms with E-state index in [1.807, 2.05) is 6.07 Å². The molecule has 94 valence electrons. The maximum absolute atomic E-state index is 13.1. The smallest absolute Gasteiger partial charge is 0.142 e. The SMILES string of the molecule is CCCNCC/C=C/Cc1ccc(Cl)c(F)c1. The Morgan fingerprint density at radius 1 is 1.29 bits per heavy atom. The first kappa shape index (κ1) is 14.2. The zero-order valence-electron chi connectivity index (χ0n) is 10.2. The van der Waals surface area contributed by atoms with Gasteiger partial charge in [-0.1, -0.05) is 36.7 Å². The van der Waals surface area contributed by atoms with E-state index < -0.39 is 0 Å². The number of benzene rings is 1. The number of nitrogens with one attached hydrogen (secondary N) is 1. The van der Waals surface area contributed by atoms with Crippen LogP contribution >= 0.6 is 11.6 Å². The van der Waals surface area contributed by atoms with E-state index in [1.54, 1.807) is 6.07 Å². The van der Waals surface area contributed by atoms with E-state index in [0.717, 1.165) is 37.9 Å². The molecule has 0 aliphatic rings. The van der Waals surface area contributed by atoms with Crippen LogP contribution < -0.4 is 5.32 Å². The Labute approximate surface area is 108 Å². The molecule has 0 saturated heterocycles. The molecule has 3 heteroatoms. The van der Waals surface area contributed by atoms with Gasteiger partial charge in [0.25, 0.3) is 0 Å². The molecule has 1 N–H and O–H groups in total. The minimum Gasteiger partial charge on any atom is -0.316 e. The van der Waals surface area contributed by atoms with Crippen LogP contribution in [-0.4, -0.2) is 13.1 Å². The molecule has 1 aromatic carbocycles. The maximum atomic E-state index is 13.1. The molecule has 0 heterocycles. The molecule has 0 amide bonds. The molecule has 0 aliphatic carbocycles. The fourth-order valence-corrected chi connectivity index (χ4v) is 1.61. The van der Waals surface area contributed by atoms with Crippen LogP contribution in [0.15, 0.2) is 30.4 Å². The first-order chi connectivity index (χ1) is 8.24. The van der Waals surface area contributed by atoms with Crippen molar-refractivity contribution in [3.63, 3.8) is 0 Å². The van der Waals surface area contributed by atoms with Gasteiger partial charge in [-0.05, 0) is 50.0 Å². The summed E-state index contributed by atoms with van der Waals surface area (Å²) < 4.78 is 13.1. The normalized spacial score (nSPS) is 11.2. The van der Waals surface area contributed by atoms with Gasteiger partial charge in [-0.2, -0.15) is 0 Å². The highest BCUT2D eigenvalue weighted by atomic mass is 35.5. The van der Waals surface area contributed by atoms with Crippen molar-refractivity contribution in [2.45, 2.75) is 26.2 Å². The molecule has 0 aliphatic heterocycles. The molecule has 0 aromatic heterocycles. The lowest BCUT2D eigenvalue weighted by Gasteiger charge is -2.00. The van der Waals surface area contributed by atoms with E-state index in [2.05, 4.69) is 24.4 Å².